The summed E-state index contributed by atoms with van der Waals surface area (Å²) in [5, 5.41) is 0. The minimum Gasteiger partial charge on any atom is -0.379 e. The third-order valence-corrected chi connectivity index (χ3v) is 4.47. The third-order valence-electron chi connectivity index (χ3n) is 4.47. The van der Waals surface area contributed by atoms with Gasteiger partial charge in [0, 0.05) is 45.3 Å². The molecule has 0 spiro atoms. The van der Waals surface area contributed by atoms with Gasteiger partial charge in [-0.3, -0.25) is 9.80 Å². The van der Waals surface area contributed by atoms with Gasteiger partial charge in [0.15, 0.2) is 0 Å². The van der Waals surface area contributed by atoms with Crippen LogP contribution >= 0.6 is 0 Å². The maximum atomic E-state index is 5.64. The average molecular weight is 275 g/mol. The lowest BCUT2D eigenvalue weighted by molar-refractivity contribution is 0.0184. The summed E-state index contributed by atoms with van der Waals surface area (Å²) >= 11 is 0. The first-order valence-electron chi connectivity index (χ1n) is 7.67. The topological polar surface area (TPSA) is 41.7 Å². The van der Waals surface area contributed by atoms with Gasteiger partial charge in [0.2, 0.25) is 0 Å². The smallest absolute Gasteiger partial charge is 0.0594 e. The highest BCUT2D eigenvalue weighted by Gasteiger charge is 2.28. The van der Waals surface area contributed by atoms with Crippen LogP contribution in [0.2, 0.25) is 0 Å². The van der Waals surface area contributed by atoms with Crippen molar-refractivity contribution < 1.29 is 4.74 Å². The maximum absolute atomic E-state index is 5.64. The molecular weight excluding hydrogens is 250 g/mol. The number of likely N-dealkylation sites (tertiary alicyclic amines) is 1. The lowest BCUT2D eigenvalue weighted by atomic mass is 10.1. The fraction of sp³-hybridized carbons (Fsp3) is 0.625. The Morgan fingerprint density at radius 3 is 2.45 bits per heavy atom. The van der Waals surface area contributed by atoms with E-state index in [0.29, 0.717) is 6.54 Å². The Balaban J connectivity index is 1.51. The van der Waals surface area contributed by atoms with E-state index in [1.807, 2.05) is 0 Å². The summed E-state index contributed by atoms with van der Waals surface area (Å²) in [5.41, 5.74) is 8.24. The van der Waals surface area contributed by atoms with Crippen molar-refractivity contribution in [1.29, 1.82) is 0 Å². The first-order valence-corrected chi connectivity index (χ1v) is 7.67. The molecule has 1 unspecified atom stereocenters. The predicted molar refractivity (Wildman–Crippen MR) is 80.4 cm³/mol. The second kappa shape index (κ2) is 6.68. The quantitative estimate of drug-likeness (QED) is 0.892. The summed E-state index contributed by atoms with van der Waals surface area (Å²) in [7, 11) is 0. The number of hydrogen-bond donors (Lipinski definition) is 1. The molecule has 0 bridgehead atoms. The van der Waals surface area contributed by atoms with E-state index in [4.69, 9.17) is 10.5 Å². The van der Waals surface area contributed by atoms with Gasteiger partial charge in [0.25, 0.3) is 0 Å². The molecule has 20 heavy (non-hydrogen) atoms. The number of hydrogen-bond acceptors (Lipinski definition) is 4. The molecule has 1 atom stereocenters. The van der Waals surface area contributed by atoms with Crippen molar-refractivity contribution >= 4 is 0 Å². The predicted octanol–water partition coefficient (Wildman–Crippen LogP) is 1.05. The van der Waals surface area contributed by atoms with Crippen molar-refractivity contribution in [2.45, 2.75) is 25.6 Å². The van der Waals surface area contributed by atoms with E-state index in [0.717, 1.165) is 38.9 Å². The number of ether oxygens (including phenoxy) is 1. The van der Waals surface area contributed by atoms with E-state index in [1.165, 1.54) is 30.6 Å². The van der Waals surface area contributed by atoms with Crippen LogP contribution in [0.15, 0.2) is 24.3 Å². The van der Waals surface area contributed by atoms with Crippen LogP contribution in [0.25, 0.3) is 0 Å². The molecule has 3 rings (SSSR count). The molecule has 2 N–H and O–H groups in total. The molecule has 0 saturated carbocycles. The zero-order valence-electron chi connectivity index (χ0n) is 12.1. The molecule has 2 saturated heterocycles. The van der Waals surface area contributed by atoms with E-state index < -0.39 is 0 Å². The molecule has 4 heteroatoms. The normalized spacial score (nSPS) is 25.1. The van der Waals surface area contributed by atoms with Crippen LogP contribution in [0.4, 0.5) is 0 Å². The van der Waals surface area contributed by atoms with Gasteiger partial charge < -0.3 is 10.5 Å². The van der Waals surface area contributed by atoms with Crippen LogP contribution in [-0.2, 0) is 17.8 Å². The number of nitrogens with two attached hydrogens (primary N) is 1. The Hall–Kier alpha value is -0.940. The van der Waals surface area contributed by atoms with E-state index in [-0.39, 0.29) is 0 Å². The summed E-state index contributed by atoms with van der Waals surface area (Å²) in [6.45, 7) is 8.09. The van der Waals surface area contributed by atoms with Crippen LogP contribution in [0.5, 0.6) is 0 Å². The van der Waals surface area contributed by atoms with Crippen molar-refractivity contribution in [1.82, 2.24) is 9.80 Å². The largest absolute Gasteiger partial charge is 0.379 e. The average Bonchev–Trinajstić information content (AvgIpc) is 2.97. The van der Waals surface area contributed by atoms with Crippen molar-refractivity contribution in [3.63, 3.8) is 0 Å². The Bertz CT molecular complexity index is 414. The van der Waals surface area contributed by atoms with E-state index in [2.05, 4.69) is 34.1 Å². The monoisotopic (exact) mass is 275 g/mol. The van der Waals surface area contributed by atoms with Crippen LogP contribution in [0.1, 0.15) is 17.5 Å². The van der Waals surface area contributed by atoms with Crippen LogP contribution in [0.3, 0.4) is 0 Å². The molecule has 0 aromatic heterocycles. The third kappa shape index (κ3) is 3.38. The molecular formula is C16H25N3O. The van der Waals surface area contributed by atoms with Gasteiger partial charge in [-0.15, -0.1) is 0 Å². The Morgan fingerprint density at radius 1 is 1.05 bits per heavy atom. The van der Waals surface area contributed by atoms with E-state index in [9.17, 15) is 0 Å². The lowest BCUT2D eigenvalue weighted by Crippen LogP contribution is -2.44. The van der Waals surface area contributed by atoms with Gasteiger partial charge in [-0.1, -0.05) is 24.3 Å². The van der Waals surface area contributed by atoms with Gasteiger partial charge in [-0.05, 0) is 17.5 Å². The molecule has 2 fully saturated rings. The fourth-order valence-electron chi connectivity index (χ4n) is 3.24. The highest BCUT2D eigenvalue weighted by molar-refractivity contribution is 5.22. The Morgan fingerprint density at radius 2 is 1.75 bits per heavy atom. The molecule has 1 aromatic rings. The van der Waals surface area contributed by atoms with Crippen molar-refractivity contribution in [2.24, 2.45) is 5.73 Å². The van der Waals surface area contributed by atoms with Crippen LogP contribution in [0, 0.1) is 0 Å². The van der Waals surface area contributed by atoms with Crippen molar-refractivity contribution in [3.05, 3.63) is 35.4 Å². The summed E-state index contributed by atoms with van der Waals surface area (Å²) in [6.07, 6.45) is 1.29. The molecule has 1 aromatic carbocycles. The molecule has 2 aliphatic rings. The Kier molecular flexibility index (Phi) is 4.68. The second-order valence-electron chi connectivity index (χ2n) is 5.85. The highest BCUT2D eigenvalue weighted by Crippen LogP contribution is 2.19. The van der Waals surface area contributed by atoms with Gasteiger partial charge in [0.1, 0.15) is 0 Å². The zero-order valence-corrected chi connectivity index (χ0v) is 12.1. The van der Waals surface area contributed by atoms with Crippen molar-refractivity contribution in [3.8, 4) is 0 Å². The Labute approximate surface area is 121 Å². The van der Waals surface area contributed by atoms with Gasteiger partial charge >= 0.3 is 0 Å². The number of rotatable bonds is 4. The van der Waals surface area contributed by atoms with Gasteiger partial charge in [0.05, 0.1) is 13.2 Å². The van der Waals surface area contributed by atoms with Gasteiger partial charge in [-0.25, -0.2) is 0 Å². The first-order chi connectivity index (χ1) is 9.85. The number of nitrogens with zero attached hydrogens (tertiary/aromatic N) is 2. The lowest BCUT2D eigenvalue weighted by Gasteiger charge is -2.32. The highest BCUT2D eigenvalue weighted by atomic mass is 16.5. The summed E-state index contributed by atoms with van der Waals surface area (Å²) in [6, 6.07) is 9.44. The summed E-state index contributed by atoms with van der Waals surface area (Å²) < 4.78 is 5.44. The first kappa shape index (κ1) is 14.0. The van der Waals surface area contributed by atoms with Crippen LogP contribution in [-0.4, -0.2) is 55.2 Å². The zero-order chi connectivity index (χ0) is 13.8. The second-order valence-corrected chi connectivity index (χ2v) is 5.85. The molecule has 2 aliphatic heterocycles. The van der Waals surface area contributed by atoms with E-state index >= 15 is 0 Å². The minimum atomic E-state index is 0.628. The molecule has 2 heterocycles. The summed E-state index contributed by atoms with van der Waals surface area (Å²) in [5.74, 6) is 0. The molecule has 0 amide bonds. The standard InChI is InChI=1S/C16H25N3O/c17-11-14-1-3-15(4-2-14)12-18-6-5-16(13-18)19-7-9-20-10-8-19/h1-4,16H,5-13,17H2. The maximum Gasteiger partial charge on any atom is 0.0594 e. The fourth-order valence-corrected chi connectivity index (χ4v) is 3.24. The van der Waals surface area contributed by atoms with Crippen molar-refractivity contribution in [2.75, 3.05) is 39.4 Å². The molecule has 4 nitrogen and oxygen atoms in total. The molecule has 110 valence electrons. The number of morpholine rings is 1. The number of benzene rings is 1. The van der Waals surface area contributed by atoms with Crippen LogP contribution < -0.4 is 5.73 Å². The summed E-state index contributed by atoms with van der Waals surface area (Å²) in [4.78, 5) is 5.17. The minimum absolute atomic E-state index is 0.628. The van der Waals surface area contributed by atoms with E-state index in [1.54, 1.807) is 0 Å². The van der Waals surface area contributed by atoms with Gasteiger partial charge in [-0.2, -0.15) is 0 Å². The SMILES string of the molecule is NCc1ccc(CN2CCC(N3CCOCC3)C2)cc1. The molecule has 0 aliphatic carbocycles. The molecule has 0 radical (unpaired) electrons.